The zero-order valence-corrected chi connectivity index (χ0v) is 9.10. The average Bonchev–Trinajstić information content (AvgIpc) is 2.14. The van der Waals surface area contributed by atoms with Crippen LogP contribution in [0.1, 0.15) is 5.56 Å². The summed E-state index contributed by atoms with van der Waals surface area (Å²) in [5.74, 6) is -0.0852. The number of hydrogen-bond donors (Lipinski definition) is 1. The van der Waals surface area contributed by atoms with E-state index >= 15 is 0 Å². The highest BCUT2D eigenvalue weighted by Crippen LogP contribution is 2.22. The Labute approximate surface area is 92.6 Å². The van der Waals surface area contributed by atoms with E-state index in [0.717, 1.165) is 0 Å². The van der Waals surface area contributed by atoms with Crippen molar-refractivity contribution in [2.24, 2.45) is 5.73 Å². The lowest BCUT2D eigenvalue weighted by molar-refractivity contribution is -0.154. The molecule has 0 saturated heterocycles. The summed E-state index contributed by atoms with van der Waals surface area (Å²) >= 11 is 3.13. The number of rotatable bonds is 3. The molecule has 2 N–H and O–H groups in total. The van der Waals surface area contributed by atoms with Crippen LogP contribution in [0.2, 0.25) is 0 Å². The van der Waals surface area contributed by atoms with Crippen LogP contribution in [0.15, 0.2) is 16.7 Å². The molecular formula is C8H8BrF3N2O. The Hall–Kier alpha value is -0.820. The smallest absolute Gasteiger partial charge is 0.422 e. The lowest BCUT2D eigenvalue weighted by Crippen LogP contribution is -2.20. The van der Waals surface area contributed by atoms with Crippen LogP contribution in [-0.4, -0.2) is 17.8 Å². The van der Waals surface area contributed by atoms with Crippen LogP contribution in [0.3, 0.4) is 0 Å². The van der Waals surface area contributed by atoms with E-state index in [2.05, 4.69) is 25.7 Å². The first kappa shape index (κ1) is 12.3. The van der Waals surface area contributed by atoms with Gasteiger partial charge in [-0.2, -0.15) is 13.2 Å². The van der Waals surface area contributed by atoms with E-state index in [0.29, 0.717) is 10.0 Å². The highest BCUT2D eigenvalue weighted by Gasteiger charge is 2.29. The fourth-order valence-corrected chi connectivity index (χ4v) is 1.27. The van der Waals surface area contributed by atoms with Crippen molar-refractivity contribution in [1.29, 1.82) is 0 Å². The summed E-state index contributed by atoms with van der Waals surface area (Å²) in [5, 5.41) is 0. The molecule has 1 aromatic rings. The lowest BCUT2D eigenvalue weighted by atomic mass is 10.3. The fourth-order valence-electron chi connectivity index (χ4n) is 0.895. The van der Waals surface area contributed by atoms with Crippen molar-refractivity contribution in [3.05, 3.63) is 22.3 Å². The Balaban J connectivity index is 2.76. The molecule has 0 unspecified atom stereocenters. The number of ether oxygens (including phenoxy) is 1. The van der Waals surface area contributed by atoms with Crippen LogP contribution >= 0.6 is 15.9 Å². The van der Waals surface area contributed by atoms with E-state index in [9.17, 15) is 13.2 Å². The second kappa shape index (κ2) is 4.80. The third kappa shape index (κ3) is 4.05. The number of nitrogens with zero attached hydrogens (tertiary/aromatic N) is 1. The quantitative estimate of drug-likeness (QED) is 0.926. The first-order valence-electron chi connectivity index (χ1n) is 3.96. The predicted molar refractivity (Wildman–Crippen MR) is 51.4 cm³/mol. The first-order chi connectivity index (χ1) is 6.92. The normalized spacial score (nSPS) is 11.5. The molecule has 0 bridgehead atoms. The van der Waals surface area contributed by atoms with Gasteiger partial charge in [-0.15, -0.1) is 0 Å². The van der Waals surface area contributed by atoms with Gasteiger partial charge in [0.1, 0.15) is 0 Å². The summed E-state index contributed by atoms with van der Waals surface area (Å²) in [6.45, 7) is -1.30. The van der Waals surface area contributed by atoms with Gasteiger partial charge in [0, 0.05) is 22.8 Å². The lowest BCUT2D eigenvalue weighted by Gasteiger charge is -2.11. The van der Waals surface area contributed by atoms with Crippen molar-refractivity contribution in [3.8, 4) is 5.88 Å². The van der Waals surface area contributed by atoms with Gasteiger partial charge >= 0.3 is 6.18 Å². The van der Waals surface area contributed by atoms with Gasteiger partial charge in [0.15, 0.2) is 6.61 Å². The summed E-state index contributed by atoms with van der Waals surface area (Å²) in [4.78, 5) is 3.70. The van der Waals surface area contributed by atoms with Crippen molar-refractivity contribution in [1.82, 2.24) is 4.98 Å². The minimum atomic E-state index is -4.37. The average molecular weight is 285 g/mol. The number of alkyl halides is 3. The standard InChI is InChI=1S/C8H8BrF3N2O/c9-6-1-5(2-13)7(14-3-6)15-4-8(10,11)12/h1,3H,2,4,13H2. The fraction of sp³-hybridized carbons (Fsp3) is 0.375. The van der Waals surface area contributed by atoms with Crippen LogP contribution in [0.4, 0.5) is 13.2 Å². The van der Waals surface area contributed by atoms with Crippen LogP contribution in [0.25, 0.3) is 0 Å². The summed E-state index contributed by atoms with van der Waals surface area (Å²) < 4.78 is 40.7. The van der Waals surface area contributed by atoms with Gasteiger partial charge in [0.05, 0.1) is 0 Å². The molecule has 0 aromatic carbocycles. The summed E-state index contributed by atoms with van der Waals surface area (Å²) in [5.41, 5.74) is 5.76. The summed E-state index contributed by atoms with van der Waals surface area (Å²) in [6.07, 6.45) is -3.02. The van der Waals surface area contributed by atoms with Gasteiger partial charge in [-0.25, -0.2) is 4.98 Å². The number of halogens is 4. The predicted octanol–water partition coefficient (Wildman–Crippen LogP) is 2.24. The summed E-state index contributed by atoms with van der Waals surface area (Å²) in [7, 11) is 0. The van der Waals surface area contributed by atoms with E-state index in [-0.39, 0.29) is 12.4 Å². The van der Waals surface area contributed by atoms with Crippen molar-refractivity contribution in [3.63, 3.8) is 0 Å². The Morgan fingerprint density at radius 3 is 2.67 bits per heavy atom. The van der Waals surface area contributed by atoms with E-state index in [1.807, 2.05) is 0 Å². The van der Waals surface area contributed by atoms with Gasteiger partial charge < -0.3 is 10.5 Å². The first-order valence-corrected chi connectivity index (χ1v) is 4.75. The van der Waals surface area contributed by atoms with Gasteiger partial charge in [-0.05, 0) is 22.0 Å². The Morgan fingerprint density at radius 1 is 1.47 bits per heavy atom. The second-order valence-corrected chi connectivity index (χ2v) is 3.64. The third-order valence-electron chi connectivity index (χ3n) is 1.48. The molecule has 1 heterocycles. The Bertz CT molecular complexity index is 343. The number of aromatic nitrogens is 1. The molecule has 0 atom stereocenters. The van der Waals surface area contributed by atoms with E-state index < -0.39 is 12.8 Å². The molecule has 0 fully saturated rings. The molecule has 3 nitrogen and oxygen atoms in total. The number of nitrogens with two attached hydrogens (primary N) is 1. The number of pyridine rings is 1. The van der Waals surface area contributed by atoms with Gasteiger partial charge in [0.2, 0.25) is 5.88 Å². The largest absolute Gasteiger partial charge is 0.468 e. The van der Waals surface area contributed by atoms with Gasteiger partial charge in [-0.1, -0.05) is 0 Å². The molecule has 0 aliphatic heterocycles. The molecule has 0 spiro atoms. The maximum absolute atomic E-state index is 11.9. The zero-order chi connectivity index (χ0) is 11.5. The third-order valence-corrected chi connectivity index (χ3v) is 1.92. The topological polar surface area (TPSA) is 48.1 Å². The molecule has 84 valence electrons. The monoisotopic (exact) mass is 284 g/mol. The maximum atomic E-state index is 11.9. The number of hydrogen-bond acceptors (Lipinski definition) is 3. The van der Waals surface area contributed by atoms with Crippen molar-refractivity contribution in [2.75, 3.05) is 6.61 Å². The maximum Gasteiger partial charge on any atom is 0.422 e. The van der Waals surface area contributed by atoms with E-state index in [4.69, 9.17) is 5.73 Å². The molecule has 0 aliphatic carbocycles. The van der Waals surface area contributed by atoms with Crippen molar-refractivity contribution < 1.29 is 17.9 Å². The van der Waals surface area contributed by atoms with Crippen LogP contribution in [0.5, 0.6) is 5.88 Å². The highest BCUT2D eigenvalue weighted by molar-refractivity contribution is 9.10. The Kier molecular flexibility index (Phi) is 3.92. The van der Waals surface area contributed by atoms with Crippen molar-refractivity contribution >= 4 is 15.9 Å². The molecule has 0 radical (unpaired) electrons. The van der Waals surface area contributed by atoms with E-state index in [1.165, 1.54) is 6.20 Å². The zero-order valence-electron chi connectivity index (χ0n) is 7.51. The highest BCUT2D eigenvalue weighted by atomic mass is 79.9. The van der Waals surface area contributed by atoms with Crippen molar-refractivity contribution in [2.45, 2.75) is 12.7 Å². The SMILES string of the molecule is NCc1cc(Br)cnc1OCC(F)(F)F. The molecule has 1 rings (SSSR count). The molecule has 15 heavy (non-hydrogen) atoms. The van der Waals surface area contributed by atoms with Gasteiger partial charge in [-0.3, -0.25) is 0 Å². The Morgan fingerprint density at radius 2 is 2.13 bits per heavy atom. The van der Waals surface area contributed by atoms with E-state index in [1.54, 1.807) is 6.07 Å². The minimum absolute atomic E-state index is 0.0691. The molecular weight excluding hydrogens is 277 g/mol. The molecule has 1 aromatic heterocycles. The minimum Gasteiger partial charge on any atom is -0.468 e. The van der Waals surface area contributed by atoms with Crippen LogP contribution in [-0.2, 0) is 6.54 Å². The molecule has 0 amide bonds. The second-order valence-electron chi connectivity index (χ2n) is 2.73. The van der Waals surface area contributed by atoms with Crippen LogP contribution < -0.4 is 10.5 Å². The summed E-state index contributed by atoms with van der Waals surface area (Å²) in [6, 6.07) is 1.57. The molecule has 0 saturated carbocycles. The van der Waals surface area contributed by atoms with Crippen LogP contribution in [0, 0.1) is 0 Å². The molecule has 7 heteroatoms. The van der Waals surface area contributed by atoms with Gasteiger partial charge in [0.25, 0.3) is 0 Å². The molecule has 0 aliphatic rings.